The highest BCUT2D eigenvalue weighted by molar-refractivity contribution is 5.95. The van der Waals surface area contributed by atoms with E-state index in [-0.39, 0.29) is 17.6 Å². The van der Waals surface area contributed by atoms with Crippen molar-refractivity contribution in [2.75, 3.05) is 25.1 Å². The summed E-state index contributed by atoms with van der Waals surface area (Å²) in [5.74, 6) is -0.240. The normalized spacial score (nSPS) is 18.0. The molecule has 0 saturated carbocycles. The summed E-state index contributed by atoms with van der Waals surface area (Å²) < 4.78 is 5.36. The van der Waals surface area contributed by atoms with Crippen molar-refractivity contribution in [2.45, 2.75) is 25.8 Å². The van der Waals surface area contributed by atoms with Gasteiger partial charge in [-0.25, -0.2) is 0 Å². The molecule has 1 aliphatic rings. The molecule has 0 radical (unpaired) electrons. The minimum atomic E-state index is -0.451. The number of rotatable bonds is 5. The number of hydrogen-bond acceptors (Lipinski definition) is 5. The molecule has 0 aromatic heterocycles. The minimum Gasteiger partial charge on any atom is -0.379 e. The van der Waals surface area contributed by atoms with Gasteiger partial charge in [-0.2, -0.15) is 0 Å². The second-order valence-corrected chi connectivity index (χ2v) is 4.91. The summed E-state index contributed by atoms with van der Waals surface area (Å²) in [7, 11) is 0. The molecule has 1 aliphatic heterocycles. The Balaban J connectivity index is 2.23. The van der Waals surface area contributed by atoms with Crippen LogP contribution in [0.25, 0.3) is 0 Å². The fraction of sp³-hybridized carbons (Fsp3) is 0.500. The van der Waals surface area contributed by atoms with E-state index in [1.807, 2.05) is 6.92 Å². The van der Waals surface area contributed by atoms with E-state index in [0.29, 0.717) is 24.4 Å². The number of ether oxygens (including phenoxy) is 1. The molecule has 2 N–H and O–H groups in total. The van der Waals surface area contributed by atoms with E-state index in [4.69, 9.17) is 4.74 Å². The first-order chi connectivity index (χ1) is 10.1. The van der Waals surface area contributed by atoms with E-state index in [9.17, 15) is 14.9 Å². The molecular formula is C14H19N3O4. The number of hydrogen-bond donors (Lipinski definition) is 2. The Morgan fingerprint density at radius 1 is 1.52 bits per heavy atom. The number of nitrogens with zero attached hydrogens (tertiary/aromatic N) is 1. The molecule has 114 valence electrons. The zero-order chi connectivity index (χ0) is 15.2. The van der Waals surface area contributed by atoms with E-state index >= 15 is 0 Å². The van der Waals surface area contributed by atoms with Gasteiger partial charge in [0, 0.05) is 30.8 Å². The number of carbonyl (C=O) groups excluding carboxylic acids is 1. The van der Waals surface area contributed by atoms with Crippen LogP contribution in [0.2, 0.25) is 0 Å². The van der Waals surface area contributed by atoms with Gasteiger partial charge in [-0.3, -0.25) is 14.9 Å². The molecule has 0 aliphatic carbocycles. The number of anilines is 1. The lowest BCUT2D eigenvalue weighted by molar-refractivity contribution is -0.384. The third-order valence-corrected chi connectivity index (χ3v) is 3.31. The molecule has 1 saturated heterocycles. The largest absolute Gasteiger partial charge is 0.379 e. The smallest absolute Gasteiger partial charge is 0.292 e. The number of nitro groups is 1. The molecule has 1 aromatic rings. The van der Waals surface area contributed by atoms with Crippen LogP contribution in [0.1, 0.15) is 30.1 Å². The van der Waals surface area contributed by atoms with Crippen LogP contribution in [0, 0.1) is 10.1 Å². The van der Waals surface area contributed by atoms with Gasteiger partial charge in [0.05, 0.1) is 11.5 Å². The average Bonchev–Trinajstić information content (AvgIpc) is 2.48. The van der Waals surface area contributed by atoms with Crippen molar-refractivity contribution in [1.82, 2.24) is 5.32 Å². The molecule has 1 unspecified atom stereocenters. The average molecular weight is 293 g/mol. The number of carbonyl (C=O) groups is 1. The predicted molar refractivity (Wildman–Crippen MR) is 78.6 cm³/mol. The highest BCUT2D eigenvalue weighted by Crippen LogP contribution is 2.27. The van der Waals surface area contributed by atoms with Crippen LogP contribution in [0.3, 0.4) is 0 Å². The molecule has 1 fully saturated rings. The first-order valence-electron chi connectivity index (χ1n) is 7.02. The lowest BCUT2D eigenvalue weighted by atomic mass is 10.1. The number of nitro benzene ring substituents is 1. The zero-order valence-corrected chi connectivity index (χ0v) is 11.9. The molecular weight excluding hydrogens is 274 g/mol. The monoisotopic (exact) mass is 293 g/mol. The molecule has 7 heteroatoms. The molecule has 1 atom stereocenters. The van der Waals surface area contributed by atoms with Crippen LogP contribution in [-0.2, 0) is 4.74 Å². The van der Waals surface area contributed by atoms with Gasteiger partial charge in [-0.15, -0.1) is 0 Å². The topological polar surface area (TPSA) is 93.5 Å². The highest BCUT2D eigenvalue weighted by Gasteiger charge is 2.21. The maximum Gasteiger partial charge on any atom is 0.292 e. The zero-order valence-electron chi connectivity index (χ0n) is 11.9. The van der Waals surface area contributed by atoms with Crippen LogP contribution in [0.4, 0.5) is 11.4 Å². The first-order valence-corrected chi connectivity index (χ1v) is 7.02. The quantitative estimate of drug-likeness (QED) is 0.639. The van der Waals surface area contributed by atoms with Crippen molar-refractivity contribution in [1.29, 1.82) is 0 Å². The van der Waals surface area contributed by atoms with Gasteiger partial charge >= 0.3 is 0 Å². The predicted octanol–water partition coefficient (Wildman–Crippen LogP) is 1.94. The van der Waals surface area contributed by atoms with Gasteiger partial charge in [0.1, 0.15) is 5.69 Å². The third-order valence-electron chi connectivity index (χ3n) is 3.31. The van der Waals surface area contributed by atoms with Crippen molar-refractivity contribution in [3.63, 3.8) is 0 Å². The Morgan fingerprint density at radius 2 is 2.33 bits per heavy atom. The molecule has 7 nitrogen and oxygen atoms in total. The van der Waals surface area contributed by atoms with Gasteiger partial charge in [0.15, 0.2) is 0 Å². The molecule has 1 aromatic carbocycles. The Hall–Kier alpha value is -2.15. The fourth-order valence-electron chi connectivity index (χ4n) is 2.29. The Bertz CT molecular complexity index is 527. The van der Waals surface area contributed by atoms with E-state index in [2.05, 4.69) is 10.6 Å². The summed E-state index contributed by atoms with van der Waals surface area (Å²) >= 11 is 0. The van der Waals surface area contributed by atoms with Crippen molar-refractivity contribution >= 4 is 17.3 Å². The van der Waals surface area contributed by atoms with Gasteiger partial charge < -0.3 is 15.4 Å². The van der Waals surface area contributed by atoms with Gasteiger partial charge in [-0.05, 0) is 31.9 Å². The second kappa shape index (κ2) is 7.03. The standard InChI is InChI=1S/C14H19N3O4/c1-2-15-14(18)10-5-6-13(17(19)20)12(8-10)16-11-4-3-7-21-9-11/h5-6,8,11,16H,2-4,7,9H2,1H3,(H,15,18). The molecule has 0 spiro atoms. The Labute approximate surface area is 122 Å². The Morgan fingerprint density at radius 3 is 2.95 bits per heavy atom. The van der Waals surface area contributed by atoms with Gasteiger partial charge in [-0.1, -0.05) is 0 Å². The third kappa shape index (κ3) is 3.91. The fourth-order valence-corrected chi connectivity index (χ4v) is 2.29. The summed E-state index contributed by atoms with van der Waals surface area (Å²) in [5.41, 5.74) is 0.731. The first kappa shape index (κ1) is 15.2. The number of amides is 1. The van der Waals surface area contributed by atoms with E-state index in [1.165, 1.54) is 18.2 Å². The van der Waals surface area contributed by atoms with Gasteiger partial charge in [0.2, 0.25) is 0 Å². The van der Waals surface area contributed by atoms with Crippen molar-refractivity contribution in [2.24, 2.45) is 0 Å². The summed E-state index contributed by atoms with van der Waals surface area (Å²) in [6.45, 7) is 3.57. The van der Waals surface area contributed by atoms with Crippen LogP contribution in [-0.4, -0.2) is 36.6 Å². The minimum absolute atomic E-state index is 0.0296. The molecule has 1 amide bonds. The van der Waals surface area contributed by atoms with Crippen LogP contribution in [0.15, 0.2) is 18.2 Å². The highest BCUT2D eigenvalue weighted by atomic mass is 16.6. The summed E-state index contributed by atoms with van der Waals surface area (Å²) in [6.07, 6.45) is 1.81. The van der Waals surface area contributed by atoms with E-state index in [1.54, 1.807) is 0 Å². The lowest BCUT2D eigenvalue weighted by Crippen LogP contribution is -2.30. The Kier molecular flexibility index (Phi) is 5.10. The molecule has 0 bridgehead atoms. The number of nitrogens with one attached hydrogen (secondary N) is 2. The lowest BCUT2D eigenvalue weighted by Gasteiger charge is -2.24. The molecule has 2 rings (SSSR count). The van der Waals surface area contributed by atoms with E-state index in [0.717, 1.165) is 19.4 Å². The van der Waals surface area contributed by atoms with E-state index < -0.39 is 4.92 Å². The summed E-state index contributed by atoms with van der Waals surface area (Å²) in [5, 5.41) is 16.9. The van der Waals surface area contributed by atoms with Gasteiger partial charge in [0.25, 0.3) is 11.6 Å². The SMILES string of the molecule is CCNC(=O)c1ccc([N+](=O)[O-])c(NC2CCCOC2)c1. The maximum atomic E-state index is 11.8. The van der Waals surface area contributed by atoms with Crippen molar-refractivity contribution in [3.05, 3.63) is 33.9 Å². The molecule has 1 heterocycles. The summed E-state index contributed by atoms with van der Waals surface area (Å²) in [4.78, 5) is 22.5. The van der Waals surface area contributed by atoms with Crippen LogP contribution < -0.4 is 10.6 Å². The van der Waals surface area contributed by atoms with Crippen LogP contribution >= 0.6 is 0 Å². The number of benzene rings is 1. The van der Waals surface area contributed by atoms with Crippen molar-refractivity contribution in [3.8, 4) is 0 Å². The molecule has 21 heavy (non-hydrogen) atoms. The maximum absolute atomic E-state index is 11.8. The summed E-state index contributed by atoms with van der Waals surface area (Å²) in [6, 6.07) is 4.38. The van der Waals surface area contributed by atoms with Crippen LogP contribution in [0.5, 0.6) is 0 Å². The second-order valence-electron chi connectivity index (χ2n) is 4.91. The van der Waals surface area contributed by atoms with Crippen molar-refractivity contribution < 1.29 is 14.5 Å².